The Balaban J connectivity index is 1.37. The van der Waals surface area contributed by atoms with Crippen molar-refractivity contribution in [3.63, 3.8) is 0 Å². The van der Waals surface area contributed by atoms with Crippen molar-refractivity contribution in [2.75, 3.05) is 5.73 Å². The molecule has 0 saturated heterocycles. The Morgan fingerprint density at radius 3 is 1.96 bits per heavy atom. The number of H-pyrrole nitrogens is 1. The van der Waals surface area contributed by atoms with E-state index in [0.717, 1.165) is 73.0 Å². The van der Waals surface area contributed by atoms with Gasteiger partial charge in [-0.15, -0.1) is 0 Å². The number of fused-ring (bicyclic) bond motifs is 2. The highest BCUT2D eigenvalue weighted by molar-refractivity contribution is 5.99. The second kappa shape index (κ2) is 12.8. The summed E-state index contributed by atoms with van der Waals surface area (Å²) in [6, 6.07) is 55.4. The van der Waals surface area contributed by atoms with Crippen LogP contribution in [0.1, 0.15) is 29.2 Å². The fraction of sp³-hybridized carbons (Fsp3) is 0.0652. The van der Waals surface area contributed by atoms with Crippen LogP contribution in [0.4, 0.5) is 5.69 Å². The summed E-state index contributed by atoms with van der Waals surface area (Å²) in [6.07, 6.45) is 4.49. The van der Waals surface area contributed by atoms with Crippen LogP contribution in [0, 0.1) is 0 Å². The van der Waals surface area contributed by atoms with Crippen LogP contribution in [0.2, 0.25) is 0 Å². The smallest absolute Gasteiger partial charge is 0.159 e. The van der Waals surface area contributed by atoms with Gasteiger partial charge in [0.05, 0.1) is 22.2 Å². The molecule has 0 bridgehead atoms. The van der Waals surface area contributed by atoms with Crippen molar-refractivity contribution >= 4 is 27.6 Å². The zero-order valence-electron chi connectivity index (χ0n) is 28.7. The molecule has 0 atom stereocenters. The van der Waals surface area contributed by atoms with Crippen molar-refractivity contribution < 1.29 is 0 Å². The topological polar surface area (TPSA) is 85.4 Å². The van der Waals surface area contributed by atoms with E-state index in [0.29, 0.717) is 11.5 Å². The van der Waals surface area contributed by atoms with Gasteiger partial charge >= 0.3 is 0 Å². The highest BCUT2D eigenvalue weighted by Gasteiger charge is 2.41. The molecule has 6 aromatic carbocycles. The third kappa shape index (κ3) is 5.15. The molecule has 0 aliphatic rings. The molecule has 0 unspecified atom stereocenters. The number of hydrogen-bond donors (Lipinski definition) is 2. The minimum Gasteiger partial charge on any atom is -0.397 e. The summed E-state index contributed by atoms with van der Waals surface area (Å²) in [7, 11) is 0. The Labute approximate surface area is 302 Å². The van der Waals surface area contributed by atoms with E-state index in [-0.39, 0.29) is 0 Å². The lowest BCUT2D eigenvalue weighted by molar-refractivity contribution is 0.477. The number of hydrogen-bond acceptors (Lipinski definition) is 4. The van der Waals surface area contributed by atoms with Gasteiger partial charge in [-0.05, 0) is 64.1 Å². The first kappa shape index (κ1) is 31.2. The van der Waals surface area contributed by atoms with Crippen molar-refractivity contribution in [2.45, 2.75) is 18.9 Å². The van der Waals surface area contributed by atoms with E-state index in [2.05, 4.69) is 173 Å². The molecule has 0 spiro atoms. The van der Waals surface area contributed by atoms with Crippen molar-refractivity contribution in [1.29, 1.82) is 0 Å². The number of aromatic nitrogens is 5. The first-order chi connectivity index (χ1) is 25.6. The lowest BCUT2D eigenvalue weighted by Gasteiger charge is -2.37. The minimum absolute atomic E-state index is 0.613. The number of nitrogens with zero attached hydrogens (tertiary/aromatic N) is 4. The highest BCUT2D eigenvalue weighted by atomic mass is 15.3. The van der Waals surface area contributed by atoms with E-state index in [4.69, 9.17) is 15.8 Å². The fourth-order valence-electron chi connectivity index (χ4n) is 7.58. The van der Waals surface area contributed by atoms with Gasteiger partial charge in [-0.3, -0.25) is 4.98 Å². The van der Waals surface area contributed by atoms with Crippen LogP contribution >= 0.6 is 0 Å². The predicted octanol–water partition coefficient (Wildman–Crippen LogP) is 10.3. The third-order valence-corrected chi connectivity index (χ3v) is 10.0. The van der Waals surface area contributed by atoms with Crippen LogP contribution < -0.4 is 5.73 Å². The predicted molar refractivity (Wildman–Crippen MR) is 212 cm³/mol. The summed E-state index contributed by atoms with van der Waals surface area (Å²) in [5.41, 5.74) is 18.3. The number of pyridine rings is 1. The fourth-order valence-corrected chi connectivity index (χ4v) is 7.58. The summed E-state index contributed by atoms with van der Waals surface area (Å²) in [5, 5.41) is 6.58. The minimum atomic E-state index is -0.821. The van der Waals surface area contributed by atoms with Gasteiger partial charge < -0.3 is 10.7 Å². The molecular formula is C46H36N6. The molecule has 0 fully saturated rings. The molecule has 9 aromatic rings. The molecule has 6 heteroatoms. The maximum Gasteiger partial charge on any atom is 0.159 e. The molecule has 3 N–H and O–H groups in total. The quantitative estimate of drug-likeness (QED) is 0.157. The molecule has 3 heterocycles. The average Bonchev–Trinajstić information content (AvgIpc) is 3.82. The van der Waals surface area contributed by atoms with Crippen molar-refractivity contribution in [1.82, 2.24) is 24.7 Å². The van der Waals surface area contributed by atoms with Crippen LogP contribution in [-0.4, -0.2) is 24.7 Å². The van der Waals surface area contributed by atoms with Crippen molar-refractivity contribution in [3.05, 3.63) is 192 Å². The van der Waals surface area contributed by atoms with Crippen molar-refractivity contribution in [3.8, 4) is 33.8 Å². The summed E-state index contributed by atoms with van der Waals surface area (Å²) in [5.74, 6) is 0.698. The molecule has 6 nitrogen and oxygen atoms in total. The van der Waals surface area contributed by atoms with Crippen molar-refractivity contribution in [2.24, 2.45) is 0 Å². The Morgan fingerprint density at radius 1 is 0.635 bits per heavy atom. The Hall–Kier alpha value is -6.79. The zero-order valence-corrected chi connectivity index (χ0v) is 28.7. The van der Waals surface area contributed by atoms with E-state index in [1.165, 1.54) is 5.56 Å². The SMILES string of the molecule is CCc1cccc(-c2cccc3[nH]c(-c4nn(C(c5ccccc5)(c5ccccc5)c5ccccc5)c5ccc(-c6cncc(N)c6)cc45)nc23)c1. The summed E-state index contributed by atoms with van der Waals surface area (Å²) < 4.78 is 2.19. The third-order valence-electron chi connectivity index (χ3n) is 10.0. The first-order valence-electron chi connectivity index (χ1n) is 17.6. The highest BCUT2D eigenvalue weighted by Crippen LogP contribution is 2.44. The van der Waals surface area contributed by atoms with Gasteiger partial charge in [0, 0.05) is 28.9 Å². The number of aryl methyl sites for hydroxylation is 1. The molecule has 0 radical (unpaired) electrons. The molecule has 0 amide bonds. The number of nitrogen functional groups attached to an aromatic ring is 1. The summed E-state index contributed by atoms with van der Waals surface area (Å²) >= 11 is 0. The van der Waals surface area contributed by atoms with Crippen LogP contribution in [-0.2, 0) is 12.0 Å². The number of nitrogens with two attached hydrogens (primary N) is 1. The van der Waals surface area contributed by atoms with E-state index in [1.54, 1.807) is 6.20 Å². The van der Waals surface area contributed by atoms with E-state index in [1.807, 2.05) is 12.3 Å². The van der Waals surface area contributed by atoms with Gasteiger partial charge in [0.15, 0.2) is 5.82 Å². The molecule has 3 aromatic heterocycles. The average molecular weight is 673 g/mol. The van der Waals surface area contributed by atoms with Crippen LogP contribution in [0.15, 0.2) is 170 Å². The molecule has 0 aliphatic heterocycles. The zero-order chi connectivity index (χ0) is 35.1. The van der Waals surface area contributed by atoms with Gasteiger partial charge in [0.1, 0.15) is 11.2 Å². The Morgan fingerprint density at radius 2 is 1.31 bits per heavy atom. The number of para-hydroxylation sites is 1. The van der Waals surface area contributed by atoms with Gasteiger partial charge in [-0.25, -0.2) is 9.67 Å². The van der Waals surface area contributed by atoms with Gasteiger partial charge in [-0.1, -0.05) is 140 Å². The maximum absolute atomic E-state index is 6.21. The molecule has 52 heavy (non-hydrogen) atoms. The number of benzene rings is 6. The number of nitrogens with one attached hydrogen (secondary N) is 1. The number of anilines is 1. The second-order valence-corrected chi connectivity index (χ2v) is 13.1. The van der Waals surface area contributed by atoms with Gasteiger partial charge in [0.2, 0.25) is 0 Å². The van der Waals surface area contributed by atoms with Gasteiger partial charge in [0.25, 0.3) is 0 Å². The monoisotopic (exact) mass is 672 g/mol. The van der Waals surface area contributed by atoms with E-state index < -0.39 is 5.54 Å². The molecule has 0 saturated carbocycles. The molecule has 250 valence electrons. The Kier molecular flexibility index (Phi) is 7.70. The van der Waals surface area contributed by atoms with Crippen LogP contribution in [0.5, 0.6) is 0 Å². The number of imidazole rings is 1. The largest absolute Gasteiger partial charge is 0.397 e. The van der Waals surface area contributed by atoms with E-state index in [9.17, 15) is 0 Å². The number of aromatic amines is 1. The standard InChI is InChI=1S/C46H36N6/c1-2-31-14-12-15-33(26-31)39-22-13-23-41-43(39)50-45(49-41)44-40-28-32(34-27-38(47)30-48-29-34)24-25-42(40)52(51-44)46(35-16-6-3-7-17-35,36-18-8-4-9-19-36)37-20-10-5-11-21-37/h3-30H,2,47H2,1H3,(H,49,50). The molecule has 0 aliphatic carbocycles. The van der Waals surface area contributed by atoms with Gasteiger partial charge in [-0.2, -0.15) is 5.10 Å². The van der Waals surface area contributed by atoms with Crippen LogP contribution in [0.3, 0.4) is 0 Å². The maximum atomic E-state index is 6.21. The summed E-state index contributed by atoms with van der Waals surface area (Å²) in [6.45, 7) is 2.18. The first-order valence-corrected chi connectivity index (χ1v) is 17.6. The lowest BCUT2D eigenvalue weighted by atomic mass is 9.77. The summed E-state index contributed by atoms with van der Waals surface area (Å²) in [4.78, 5) is 13.4. The van der Waals surface area contributed by atoms with E-state index >= 15 is 0 Å². The lowest BCUT2D eigenvalue weighted by Crippen LogP contribution is -2.38. The second-order valence-electron chi connectivity index (χ2n) is 13.1. The number of rotatable bonds is 8. The van der Waals surface area contributed by atoms with Crippen LogP contribution in [0.25, 0.3) is 55.7 Å². The normalized spacial score (nSPS) is 11.7. The molecular weight excluding hydrogens is 637 g/mol. The molecule has 9 rings (SSSR count). The Bertz CT molecular complexity index is 2580.